The van der Waals surface area contributed by atoms with Gasteiger partial charge in [-0.2, -0.15) is 0 Å². The van der Waals surface area contributed by atoms with Gasteiger partial charge < -0.3 is 10.0 Å². The van der Waals surface area contributed by atoms with Gasteiger partial charge >= 0.3 is 5.97 Å². The van der Waals surface area contributed by atoms with Crippen LogP contribution in [0.5, 0.6) is 0 Å². The van der Waals surface area contributed by atoms with Crippen LogP contribution in [0.25, 0.3) is 0 Å². The van der Waals surface area contributed by atoms with Crippen LogP contribution >= 0.6 is 0 Å². The molecule has 2 aromatic carbocycles. The van der Waals surface area contributed by atoms with Gasteiger partial charge in [-0.3, -0.25) is 4.79 Å². The van der Waals surface area contributed by atoms with Crippen molar-refractivity contribution in [1.82, 2.24) is 4.90 Å². The molecule has 0 aromatic heterocycles. The van der Waals surface area contributed by atoms with Gasteiger partial charge in [0.05, 0.1) is 11.6 Å². The lowest BCUT2D eigenvalue weighted by atomic mass is 10.0. The standard InChI is InChI=1S/C19H21NO3/c1-14(15-8-4-3-5-9-15)20(2)18(21)13-12-16-10-6-7-11-17(16)19(22)23/h3-11,14H,12-13H2,1-2H3,(H,22,23). The van der Waals surface area contributed by atoms with Crippen molar-refractivity contribution < 1.29 is 14.7 Å². The quantitative estimate of drug-likeness (QED) is 0.887. The van der Waals surface area contributed by atoms with Crippen molar-refractivity contribution in [1.29, 1.82) is 0 Å². The summed E-state index contributed by atoms with van der Waals surface area (Å²) in [5.41, 5.74) is 2.03. The number of nitrogens with zero attached hydrogens (tertiary/aromatic N) is 1. The van der Waals surface area contributed by atoms with Crippen LogP contribution in [0.2, 0.25) is 0 Å². The fourth-order valence-electron chi connectivity index (χ4n) is 2.54. The second kappa shape index (κ2) is 7.58. The van der Waals surface area contributed by atoms with Gasteiger partial charge in [-0.1, -0.05) is 48.5 Å². The van der Waals surface area contributed by atoms with Gasteiger partial charge in [0.1, 0.15) is 0 Å². The van der Waals surface area contributed by atoms with Gasteiger partial charge in [0.25, 0.3) is 0 Å². The van der Waals surface area contributed by atoms with Gasteiger partial charge in [-0.25, -0.2) is 4.79 Å². The fourth-order valence-corrected chi connectivity index (χ4v) is 2.54. The summed E-state index contributed by atoms with van der Waals surface area (Å²) in [6, 6.07) is 16.6. The predicted octanol–water partition coefficient (Wildman–Crippen LogP) is 3.54. The van der Waals surface area contributed by atoms with Crippen molar-refractivity contribution in [2.24, 2.45) is 0 Å². The number of carbonyl (C=O) groups is 2. The Morgan fingerprint density at radius 2 is 1.65 bits per heavy atom. The highest BCUT2D eigenvalue weighted by Gasteiger charge is 2.18. The van der Waals surface area contributed by atoms with Crippen molar-refractivity contribution in [2.45, 2.75) is 25.8 Å². The van der Waals surface area contributed by atoms with Crippen molar-refractivity contribution in [3.05, 3.63) is 71.3 Å². The molecular weight excluding hydrogens is 290 g/mol. The van der Waals surface area contributed by atoms with E-state index in [0.717, 1.165) is 5.56 Å². The van der Waals surface area contributed by atoms with Crippen LogP contribution in [0.15, 0.2) is 54.6 Å². The zero-order valence-corrected chi connectivity index (χ0v) is 13.4. The third-order valence-electron chi connectivity index (χ3n) is 4.11. The Morgan fingerprint density at radius 1 is 1.04 bits per heavy atom. The molecule has 1 atom stereocenters. The first-order valence-corrected chi connectivity index (χ1v) is 7.62. The summed E-state index contributed by atoms with van der Waals surface area (Å²) >= 11 is 0. The minimum atomic E-state index is -0.959. The first kappa shape index (κ1) is 16.7. The molecule has 0 saturated heterocycles. The van der Waals surface area contributed by atoms with E-state index in [1.54, 1.807) is 36.2 Å². The summed E-state index contributed by atoms with van der Waals surface area (Å²) in [5, 5.41) is 9.18. The van der Waals surface area contributed by atoms with Crippen molar-refractivity contribution in [2.75, 3.05) is 7.05 Å². The second-order valence-corrected chi connectivity index (χ2v) is 5.55. The molecule has 2 rings (SSSR count). The molecule has 1 N–H and O–H groups in total. The van der Waals surface area contributed by atoms with E-state index in [2.05, 4.69) is 0 Å². The van der Waals surface area contributed by atoms with E-state index in [0.29, 0.717) is 12.0 Å². The van der Waals surface area contributed by atoms with E-state index in [4.69, 9.17) is 0 Å². The molecule has 0 radical (unpaired) electrons. The Bertz CT molecular complexity index is 682. The third kappa shape index (κ3) is 4.19. The largest absolute Gasteiger partial charge is 0.478 e. The smallest absolute Gasteiger partial charge is 0.335 e. The molecule has 2 aromatic rings. The Kier molecular flexibility index (Phi) is 5.52. The van der Waals surface area contributed by atoms with Crippen molar-refractivity contribution in [3.8, 4) is 0 Å². The highest BCUT2D eigenvalue weighted by molar-refractivity contribution is 5.89. The molecule has 4 heteroatoms. The zero-order chi connectivity index (χ0) is 16.8. The summed E-state index contributed by atoms with van der Waals surface area (Å²) < 4.78 is 0. The number of carboxylic acids is 1. The van der Waals surface area contributed by atoms with Crippen LogP contribution in [0, 0.1) is 0 Å². The maximum Gasteiger partial charge on any atom is 0.335 e. The molecule has 120 valence electrons. The van der Waals surface area contributed by atoms with E-state index in [1.807, 2.05) is 37.3 Å². The average molecular weight is 311 g/mol. The Labute approximate surface area is 136 Å². The number of carboxylic acid groups (broad SMARTS) is 1. The fraction of sp³-hybridized carbons (Fsp3) is 0.263. The molecule has 0 aliphatic rings. The highest BCUT2D eigenvalue weighted by Crippen LogP contribution is 2.20. The average Bonchev–Trinajstić information content (AvgIpc) is 2.59. The van der Waals surface area contributed by atoms with Crippen LogP contribution in [0.1, 0.15) is 40.9 Å². The van der Waals surface area contributed by atoms with Gasteiger partial charge in [-0.05, 0) is 30.5 Å². The third-order valence-corrected chi connectivity index (χ3v) is 4.11. The van der Waals surface area contributed by atoms with Crippen LogP contribution in [-0.2, 0) is 11.2 Å². The van der Waals surface area contributed by atoms with Crippen LogP contribution in [0.3, 0.4) is 0 Å². The number of aromatic carboxylic acids is 1. The maximum atomic E-state index is 12.4. The topological polar surface area (TPSA) is 57.6 Å². The first-order chi connectivity index (χ1) is 11.0. The zero-order valence-electron chi connectivity index (χ0n) is 13.4. The summed E-state index contributed by atoms with van der Waals surface area (Å²) in [6.45, 7) is 1.98. The normalized spacial score (nSPS) is 11.7. The maximum absolute atomic E-state index is 12.4. The lowest BCUT2D eigenvalue weighted by Crippen LogP contribution is -2.29. The molecular formula is C19H21NO3. The highest BCUT2D eigenvalue weighted by atomic mass is 16.4. The lowest BCUT2D eigenvalue weighted by Gasteiger charge is -2.25. The summed E-state index contributed by atoms with van der Waals surface area (Å²) in [4.78, 5) is 25.3. The number of amides is 1. The van der Waals surface area contributed by atoms with E-state index >= 15 is 0 Å². The number of rotatable bonds is 6. The summed E-state index contributed by atoms with van der Waals surface area (Å²) in [5.74, 6) is -0.958. The van der Waals surface area contributed by atoms with E-state index in [-0.39, 0.29) is 23.9 Å². The Hall–Kier alpha value is -2.62. The first-order valence-electron chi connectivity index (χ1n) is 7.62. The van der Waals surface area contributed by atoms with Crippen LogP contribution in [0.4, 0.5) is 0 Å². The number of carbonyl (C=O) groups excluding carboxylic acids is 1. The number of aryl methyl sites for hydroxylation is 1. The molecule has 0 spiro atoms. The molecule has 1 unspecified atom stereocenters. The molecule has 0 fully saturated rings. The second-order valence-electron chi connectivity index (χ2n) is 5.55. The van der Waals surface area contributed by atoms with Gasteiger partial charge in [0.2, 0.25) is 5.91 Å². The van der Waals surface area contributed by atoms with Gasteiger partial charge in [0, 0.05) is 13.5 Å². The van der Waals surface area contributed by atoms with E-state index in [9.17, 15) is 14.7 Å². The van der Waals surface area contributed by atoms with Crippen molar-refractivity contribution in [3.63, 3.8) is 0 Å². The number of hydrogen-bond donors (Lipinski definition) is 1. The van der Waals surface area contributed by atoms with Crippen LogP contribution < -0.4 is 0 Å². The summed E-state index contributed by atoms with van der Waals surface area (Å²) in [7, 11) is 1.78. The Balaban J connectivity index is 2.01. The molecule has 0 heterocycles. The predicted molar refractivity (Wildman–Crippen MR) is 89.3 cm³/mol. The van der Waals surface area contributed by atoms with E-state index < -0.39 is 5.97 Å². The van der Waals surface area contributed by atoms with Gasteiger partial charge in [0.15, 0.2) is 0 Å². The minimum absolute atomic E-state index is 0.00143. The lowest BCUT2D eigenvalue weighted by molar-refractivity contribution is -0.131. The van der Waals surface area contributed by atoms with E-state index in [1.165, 1.54) is 0 Å². The number of benzene rings is 2. The molecule has 23 heavy (non-hydrogen) atoms. The van der Waals surface area contributed by atoms with Crippen molar-refractivity contribution >= 4 is 11.9 Å². The Morgan fingerprint density at radius 3 is 2.30 bits per heavy atom. The molecule has 0 aliphatic heterocycles. The van der Waals surface area contributed by atoms with Crippen LogP contribution in [-0.4, -0.2) is 28.9 Å². The number of hydrogen-bond acceptors (Lipinski definition) is 2. The molecule has 1 amide bonds. The molecule has 0 saturated carbocycles. The molecule has 4 nitrogen and oxygen atoms in total. The monoisotopic (exact) mass is 311 g/mol. The minimum Gasteiger partial charge on any atom is -0.478 e. The molecule has 0 aliphatic carbocycles. The summed E-state index contributed by atoms with van der Waals surface area (Å²) in [6.07, 6.45) is 0.713. The van der Waals surface area contributed by atoms with Gasteiger partial charge in [-0.15, -0.1) is 0 Å². The molecule has 0 bridgehead atoms. The SMILES string of the molecule is CC(c1ccccc1)N(C)C(=O)CCc1ccccc1C(=O)O.